The lowest BCUT2D eigenvalue weighted by Crippen LogP contribution is -2.43. The number of hydrogen-bond acceptors (Lipinski definition) is 6. The number of hydrogen-bond donors (Lipinski definition) is 1. The fourth-order valence-corrected chi connectivity index (χ4v) is 2.32. The number of rotatable bonds is 2. The maximum atomic E-state index is 6.08. The van der Waals surface area contributed by atoms with Gasteiger partial charge in [0, 0.05) is 32.4 Å². The lowest BCUT2D eigenvalue weighted by Gasteiger charge is -2.24. The Bertz CT molecular complexity index is 584. The SMILES string of the molecule is CC.Clc1cc(Cl)c(-c2nnc(N3CCNCC3)o2)cn1. The minimum absolute atomic E-state index is 0.329. The highest BCUT2D eigenvalue weighted by Gasteiger charge is 2.18. The Morgan fingerprint density at radius 2 is 1.90 bits per heavy atom. The Hall–Kier alpha value is -1.37. The van der Waals surface area contributed by atoms with Gasteiger partial charge < -0.3 is 14.6 Å². The van der Waals surface area contributed by atoms with Crippen LogP contribution in [0.3, 0.4) is 0 Å². The van der Waals surface area contributed by atoms with Crippen LogP contribution in [0.4, 0.5) is 6.01 Å². The molecule has 3 rings (SSSR count). The van der Waals surface area contributed by atoms with Gasteiger partial charge >= 0.3 is 6.01 Å². The van der Waals surface area contributed by atoms with E-state index >= 15 is 0 Å². The summed E-state index contributed by atoms with van der Waals surface area (Å²) in [5, 5.41) is 12.1. The topological polar surface area (TPSA) is 67.1 Å². The molecule has 8 heteroatoms. The van der Waals surface area contributed by atoms with Gasteiger partial charge in [0.05, 0.1) is 10.6 Å². The third-order valence-electron chi connectivity index (χ3n) is 2.85. The first-order chi connectivity index (χ1) is 10.2. The molecule has 0 atom stereocenters. The van der Waals surface area contributed by atoms with E-state index in [0.29, 0.717) is 27.6 Å². The van der Waals surface area contributed by atoms with Crippen molar-refractivity contribution >= 4 is 29.2 Å². The van der Waals surface area contributed by atoms with Crippen LogP contribution < -0.4 is 10.2 Å². The molecule has 0 radical (unpaired) electrons. The summed E-state index contributed by atoms with van der Waals surface area (Å²) in [7, 11) is 0. The molecule has 1 saturated heterocycles. The first kappa shape index (κ1) is 16.0. The highest BCUT2D eigenvalue weighted by Crippen LogP contribution is 2.29. The van der Waals surface area contributed by atoms with E-state index in [0.717, 1.165) is 26.2 Å². The van der Waals surface area contributed by atoms with Crippen molar-refractivity contribution in [1.29, 1.82) is 0 Å². The predicted octanol–water partition coefficient (Wildman–Crippen LogP) is 2.87. The fourth-order valence-electron chi connectivity index (χ4n) is 1.87. The van der Waals surface area contributed by atoms with Crippen LogP contribution in [0, 0.1) is 0 Å². The standard InChI is InChI=1S/C11H11Cl2N5O.C2H6/c12-8-5-9(13)15-6-7(8)10-16-17-11(19-10)18-3-1-14-2-4-18;1-2/h5-6,14H,1-4H2;1-2H3. The van der Waals surface area contributed by atoms with E-state index in [-0.39, 0.29) is 0 Å². The summed E-state index contributed by atoms with van der Waals surface area (Å²) in [6.45, 7) is 7.49. The second-order valence-electron chi connectivity index (χ2n) is 4.11. The highest BCUT2D eigenvalue weighted by molar-refractivity contribution is 6.35. The van der Waals surface area contributed by atoms with Crippen LogP contribution in [-0.2, 0) is 0 Å². The molecular weight excluding hydrogens is 313 g/mol. The van der Waals surface area contributed by atoms with Gasteiger partial charge in [0.15, 0.2) is 0 Å². The molecule has 0 aromatic carbocycles. The Morgan fingerprint density at radius 3 is 2.57 bits per heavy atom. The molecule has 0 bridgehead atoms. The lowest BCUT2D eigenvalue weighted by molar-refractivity contribution is 0.505. The van der Waals surface area contributed by atoms with Crippen LogP contribution in [0.5, 0.6) is 0 Å². The van der Waals surface area contributed by atoms with Crippen LogP contribution in [0.25, 0.3) is 11.5 Å². The van der Waals surface area contributed by atoms with Crippen molar-refractivity contribution in [1.82, 2.24) is 20.5 Å². The van der Waals surface area contributed by atoms with Gasteiger partial charge in [-0.25, -0.2) is 4.98 Å². The number of nitrogens with zero attached hydrogens (tertiary/aromatic N) is 4. The van der Waals surface area contributed by atoms with E-state index in [1.807, 2.05) is 18.7 Å². The zero-order valence-electron chi connectivity index (χ0n) is 11.9. The fraction of sp³-hybridized carbons (Fsp3) is 0.462. The molecule has 3 heterocycles. The molecule has 114 valence electrons. The average molecular weight is 330 g/mol. The van der Waals surface area contributed by atoms with Crippen molar-refractivity contribution in [2.24, 2.45) is 0 Å². The van der Waals surface area contributed by atoms with E-state index < -0.39 is 0 Å². The number of piperazine rings is 1. The van der Waals surface area contributed by atoms with E-state index in [2.05, 4.69) is 20.5 Å². The molecule has 0 unspecified atom stereocenters. The molecule has 1 aliphatic rings. The zero-order valence-corrected chi connectivity index (χ0v) is 13.4. The van der Waals surface area contributed by atoms with E-state index in [4.69, 9.17) is 27.6 Å². The highest BCUT2D eigenvalue weighted by atomic mass is 35.5. The third kappa shape index (κ3) is 3.84. The van der Waals surface area contributed by atoms with Gasteiger partial charge in [0.2, 0.25) is 0 Å². The van der Waals surface area contributed by atoms with Crippen molar-refractivity contribution in [2.75, 3.05) is 31.1 Å². The van der Waals surface area contributed by atoms with E-state index in [9.17, 15) is 0 Å². The number of nitrogens with one attached hydrogen (secondary N) is 1. The largest absolute Gasteiger partial charge is 0.403 e. The van der Waals surface area contributed by atoms with Crippen molar-refractivity contribution in [3.05, 3.63) is 22.4 Å². The summed E-state index contributed by atoms with van der Waals surface area (Å²) in [6.07, 6.45) is 1.53. The van der Waals surface area contributed by atoms with Gasteiger partial charge in [-0.15, -0.1) is 5.10 Å². The van der Waals surface area contributed by atoms with E-state index in [1.54, 1.807) is 6.07 Å². The lowest BCUT2D eigenvalue weighted by atomic mass is 10.3. The van der Waals surface area contributed by atoms with Crippen molar-refractivity contribution < 1.29 is 4.42 Å². The zero-order chi connectivity index (χ0) is 15.2. The molecule has 1 aliphatic heterocycles. The number of anilines is 1. The molecule has 1 N–H and O–H groups in total. The van der Waals surface area contributed by atoms with E-state index in [1.165, 1.54) is 6.20 Å². The minimum atomic E-state index is 0.329. The van der Waals surface area contributed by atoms with Gasteiger partial charge in [-0.2, -0.15) is 0 Å². The quantitative estimate of drug-likeness (QED) is 0.854. The molecule has 0 amide bonds. The monoisotopic (exact) mass is 329 g/mol. The Labute approximate surface area is 133 Å². The summed E-state index contributed by atoms with van der Waals surface area (Å²) in [4.78, 5) is 6.00. The molecule has 6 nitrogen and oxygen atoms in total. The average Bonchev–Trinajstić information content (AvgIpc) is 3.00. The Balaban J connectivity index is 0.000000774. The summed E-state index contributed by atoms with van der Waals surface area (Å²) in [5.74, 6) is 0.350. The van der Waals surface area contributed by atoms with Crippen LogP contribution in [0.1, 0.15) is 13.8 Å². The van der Waals surface area contributed by atoms with Gasteiger partial charge in [-0.3, -0.25) is 0 Å². The summed E-state index contributed by atoms with van der Waals surface area (Å²) < 4.78 is 5.64. The smallest absolute Gasteiger partial charge is 0.318 e. The van der Waals surface area contributed by atoms with Crippen LogP contribution in [0.2, 0.25) is 10.2 Å². The molecule has 0 aliphatic carbocycles. The van der Waals surface area contributed by atoms with Crippen molar-refractivity contribution in [2.45, 2.75) is 13.8 Å². The minimum Gasteiger partial charge on any atom is -0.403 e. The Kier molecular flexibility index (Phi) is 5.78. The number of halogens is 2. The van der Waals surface area contributed by atoms with Gasteiger partial charge in [-0.05, 0) is 6.07 Å². The van der Waals surface area contributed by atoms with Crippen LogP contribution in [0.15, 0.2) is 16.7 Å². The normalized spacial score (nSPS) is 14.6. The molecule has 0 saturated carbocycles. The number of pyridine rings is 1. The molecular formula is C13H17Cl2N5O. The maximum absolute atomic E-state index is 6.08. The molecule has 2 aromatic rings. The number of aromatic nitrogens is 3. The summed E-state index contributed by atoms with van der Waals surface area (Å²) in [5.41, 5.74) is 0.583. The van der Waals surface area contributed by atoms with Gasteiger partial charge in [0.25, 0.3) is 5.89 Å². The molecule has 2 aromatic heterocycles. The molecule has 21 heavy (non-hydrogen) atoms. The maximum Gasteiger partial charge on any atom is 0.318 e. The first-order valence-corrected chi connectivity index (χ1v) is 7.60. The van der Waals surface area contributed by atoms with Crippen LogP contribution >= 0.6 is 23.2 Å². The van der Waals surface area contributed by atoms with Crippen molar-refractivity contribution in [3.63, 3.8) is 0 Å². The summed E-state index contributed by atoms with van der Waals surface area (Å²) in [6, 6.07) is 2.05. The molecule has 0 spiro atoms. The third-order valence-corrected chi connectivity index (χ3v) is 3.37. The van der Waals surface area contributed by atoms with Crippen LogP contribution in [-0.4, -0.2) is 41.4 Å². The molecule has 1 fully saturated rings. The second-order valence-corrected chi connectivity index (χ2v) is 4.91. The summed E-state index contributed by atoms with van der Waals surface area (Å²) >= 11 is 11.8. The first-order valence-electron chi connectivity index (χ1n) is 6.84. The predicted molar refractivity (Wildman–Crippen MR) is 84.0 cm³/mol. The van der Waals surface area contributed by atoms with Gasteiger partial charge in [0.1, 0.15) is 5.15 Å². The second kappa shape index (κ2) is 7.59. The Morgan fingerprint density at radius 1 is 1.19 bits per heavy atom. The van der Waals surface area contributed by atoms with Crippen molar-refractivity contribution in [3.8, 4) is 11.5 Å². The van der Waals surface area contributed by atoms with Gasteiger partial charge in [-0.1, -0.05) is 42.1 Å².